The van der Waals surface area contributed by atoms with E-state index in [1.54, 1.807) is 16.7 Å². The van der Waals surface area contributed by atoms with Crippen LogP contribution in [0, 0.1) is 0 Å². The molecule has 4 aliphatic rings. The summed E-state index contributed by atoms with van der Waals surface area (Å²) in [7, 11) is 0. The lowest BCUT2D eigenvalue weighted by Gasteiger charge is -2.47. The molecule has 0 radical (unpaired) electrons. The maximum atomic E-state index is 6.46. The summed E-state index contributed by atoms with van der Waals surface area (Å²) in [5, 5.41) is 4.04. The molecule has 1 N–H and O–H groups in total. The number of hydrogen-bond donors (Lipinski definition) is 1. The van der Waals surface area contributed by atoms with Crippen molar-refractivity contribution in [2.75, 3.05) is 26.2 Å². The van der Waals surface area contributed by atoms with E-state index in [1.165, 1.54) is 57.2 Å². The number of likely N-dealkylation sites (N-methyl/N-ethyl adjacent to an activating group) is 1. The number of nitrogens with one attached hydrogen (secondary N) is 1. The molecule has 2 aliphatic heterocycles. The third kappa shape index (κ3) is 4.02. The lowest BCUT2D eigenvalue weighted by atomic mass is 9.68. The topological polar surface area (TPSA) is 37.4 Å². The van der Waals surface area contributed by atoms with Gasteiger partial charge in [0.25, 0.3) is 0 Å². The molecule has 2 aromatic rings. The highest BCUT2D eigenvalue weighted by atomic mass is 16.5. The van der Waals surface area contributed by atoms with E-state index >= 15 is 0 Å². The summed E-state index contributed by atoms with van der Waals surface area (Å²) >= 11 is 0. The Morgan fingerprint density at radius 3 is 2.82 bits per heavy atom. The van der Waals surface area contributed by atoms with Gasteiger partial charge in [-0.15, -0.1) is 0 Å². The maximum Gasteiger partial charge on any atom is 0.0691 e. The number of rotatable bonds is 6. The summed E-state index contributed by atoms with van der Waals surface area (Å²) in [5.74, 6) is 0. The predicted octanol–water partition coefficient (Wildman–Crippen LogP) is 5.88. The summed E-state index contributed by atoms with van der Waals surface area (Å²) in [6, 6.07) is 14.7. The SMILES string of the molecule is CCN1CCc2cccc3c2C1CCC3NCC[C@@]1(c2ccccn2)CCOC2(CCCC2)C1. The average Bonchev–Trinajstić information content (AvgIpc) is 3.33. The van der Waals surface area contributed by atoms with Crippen LogP contribution in [0.25, 0.3) is 0 Å². The van der Waals surface area contributed by atoms with Crippen molar-refractivity contribution in [2.45, 2.75) is 94.2 Å². The van der Waals surface area contributed by atoms with Gasteiger partial charge in [-0.25, -0.2) is 0 Å². The van der Waals surface area contributed by atoms with Gasteiger partial charge in [0, 0.05) is 42.5 Å². The zero-order valence-corrected chi connectivity index (χ0v) is 20.9. The molecule has 1 aromatic carbocycles. The smallest absolute Gasteiger partial charge is 0.0691 e. The van der Waals surface area contributed by atoms with Crippen LogP contribution in [0.3, 0.4) is 0 Å². The minimum atomic E-state index is 0.0932. The molecule has 0 amide bonds. The first-order valence-corrected chi connectivity index (χ1v) is 13.9. The Labute approximate surface area is 205 Å². The van der Waals surface area contributed by atoms with Crippen molar-refractivity contribution in [3.63, 3.8) is 0 Å². The van der Waals surface area contributed by atoms with Crippen molar-refractivity contribution < 1.29 is 4.74 Å². The van der Waals surface area contributed by atoms with Gasteiger partial charge in [-0.05, 0) is 93.3 Å². The molecular weight excluding hydrogens is 418 g/mol. The van der Waals surface area contributed by atoms with E-state index in [1.807, 2.05) is 6.20 Å². The summed E-state index contributed by atoms with van der Waals surface area (Å²) in [5.41, 5.74) is 6.31. The molecule has 4 heteroatoms. The molecule has 1 aromatic heterocycles. The van der Waals surface area contributed by atoms with Crippen molar-refractivity contribution in [3.05, 3.63) is 65.0 Å². The Kier molecular flexibility index (Phi) is 6.25. The Hall–Kier alpha value is -1.75. The van der Waals surface area contributed by atoms with E-state index < -0.39 is 0 Å². The van der Waals surface area contributed by atoms with Crippen LogP contribution in [0.4, 0.5) is 0 Å². The van der Waals surface area contributed by atoms with E-state index in [9.17, 15) is 0 Å². The zero-order valence-electron chi connectivity index (χ0n) is 20.9. The van der Waals surface area contributed by atoms with Crippen LogP contribution >= 0.6 is 0 Å². The number of aromatic nitrogens is 1. The summed E-state index contributed by atoms with van der Waals surface area (Å²) in [6.07, 6.45) is 14.1. The van der Waals surface area contributed by atoms with Crippen molar-refractivity contribution in [2.24, 2.45) is 0 Å². The van der Waals surface area contributed by atoms with E-state index in [0.29, 0.717) is 12.1 Å². The maximum absolute atomic E-state index is 6.46. The summed E-state index contributed by atoms with van der Waals surface area (Å²) < 4.78 is 6.46. The van der Waals surface area contributed by atoms with E-state index in [0.717, 1.165) is 39.0 Å². The fourth-order valence-corrected chi connectivity index (χ4v) is 7.84. The number of nitrogens with zero attached hydrogens (tertiary/aromatic N) is 2. The van der Waals surface area contributed by atoms with E-state index in [2.05, 4.69) is 53.5 Å². The van der Waals surface area contributed by atoms with Crippen molar-refractivity contribution in [3.8, 4) is 0 Å². The third-order valence-corrected chi connectivity index (χ3v) is 9.55. The van der Waals surface area contributed by atoms with Crippen LogP contribution in [0.1, 0.15) is 99.2 Å². The third-order valence-electron chi connectivity index (χ3n) is 9.55. The predicted molar refractivity (Wildman–Crippen MR) is 137 cm³/mol. The fourth-order valence-electron chi connectivity index (χ4n) is 7.84. The average molecular weight is 460 g/mol. The zero-order chi connectivity index (χ0) is 23.0. The molecular formula is C30H41N3O. The Morgan fingerprint density at radius 2 is 2.00 bits per heavy atom. The second kappa shape index (κ2) is 9.37. The Morgan fingerprint density at radius 1 is 1.09 bits per heavy atom. The van der Waals surface area contributed by atoms with Gasteiger partial charge in [0.15, 0.2) is 0 Å². The molecule has 6 rings (SSSR count). The molecule has 3 heterocycles. The second-order valence-electron chi connectivity index (χ2n) is 11.3. The van der Waals surface area contributed by atoms with Crippen LogP contribution in [0.15, 0.2) is 42.6 Å². The van der Waals surface area contributed by atoms with Gasteiger partial charge < -0.3 is 10.1 Å². The largest absolute Gasteiger partial charge is 0.375 e. The molecule has 2 aliphatic carbocycles. The normalized spacial score (nSPS) is 30.4. The van der Waals surface area contributed by atoms with Gasteiger partial charge in [0.2, 0.25) is 0 Å². The Bertz CT molecular complexity index is 986. The lowest BCUT2D eigenvalue weighted by Crippen LogP contribution is -2.47. The van der Waals surface area contributed by atoms with Gasteiger partial charge >= 0.3 is 0 Å². The molecule has 2 fully saturated rings. The second-order valence-corrected chi connectivity index (χ2v) is 11.3. The molecule has 4 nitrogen and oxygen atoms in total. The molecule has 182 valence electrons. The summed E-state index contributed by atoms with van der Waals surface area (Å²) in [6.45, 7) is 6.61. The van der Waals surface area contributed by atoms with Gasteiger partial charge in [-0.3, -0.25) is 9.88 Å². The van der Waals surface area contributed by atoms with Gasteiger partial charge in [0.05, 0.1) is 5.60 Å². The highest BCUT2D eigenvalue weighted by molar-refractivity contribution is 5.43. The molecule has 34 heavy (non-hydrogen) atoms. The van der Waals surface area contributed by atoms with Crippen LogP contribution in [-0.2, 0) is 16.6 Å². The van der Waals surface area contributed by atoms with Gasteiger partial charge in [0.1, 0.15) is 0 Å². The fraction of sp³-hybridized carbons (Fsp3) is 0.633. The standard InChI is InChI=1S/C30H41N3O/c1-2-33-20-13-23-8-7-9-24-25(11-12-26(33)28(23)24)31-19-16-29(27-10-3-6-18-32-27)17-21-34-30(22-29)14-4-5-15-30/h3,6-10,18,25-26,31H,2,4-5,11-17,19-22H2,1H3/t25?,26?,29-/m1/s1. The van der Waals surface area contributed by atoms with Gasteiger partial charge in [-0.1, -0.05) is 44.0 Å². The highest BCUT2D eigenvalue weighted by Gasteiger charge is 2.48. The molecule has 2 unspecified atom stereocenters. The van der Waals surface area contributed by atoms with E-state index in [-0.39, 0.29) is 11.0 Å². The van der Waals surface area contributed by atoms with Crippen LogP contribution < -0.4 is 5.32 Å². The van der Waals surface area contributed by atoms with Crippen LogP contribution in [-0.4, -0.2) is 41.7 Å². The molecule has 1 spiro atoms. The monoisotopic (exact) mass is 459 g/mol. The van der Waals surface area contributed by atoms with Crippen LogP contribution in [0.2, 0.25) is 0 Å². The van der Waals surface area contributed by atoms with Crippen molar-refractivity contribution in [1.29, 1.82) is 0 Å². The first-order chi connectivity index (χ1) is 16.7. The van der Waals surface area contributed by atoms with Crippen molar-refractivity contribution >= 4 is 0 Å². The quantitative estimate of drug-likeness (QED) is 0.586. The van der Waals surface area contributed by atoms with Gasteiger partial charge in [-0.2, -0.15) is 0 Å². The van der Waals surface area contributed by atoms with Crippen LogP contribution in [0.5, 0.6) is 0 Å². The molecule has 1 saturated heterocycles. The lowest BCUT2D eigenvalue weighted by molar-refractivity contribution is -0.104. The molecule has 3 atom stereocenters. The van der Waals surface area contributed by atoms with E-state index in [4.69, 9.17) is 9.72 Å². The first kappa shape index (κ1) is 22.7. The minimum absolute atomic E-state index is 0.0932. The first-order valence-electron chi connectivity index (χ1n) is 13.9. The summed E-state index contributed by atoms with van der Waals surface area (Å²) in [4.78, 5) is 7.60. The van der Waals surface area contributed by atoms with Crippen molar-refractivity contribution in [1.82, 2.24) is 15.2 Å². The molecule has 0 bridgehead atoms. The number of pyridine rings is 1. The molecule has 1 saturated carbocycles. The number of ether oxygens (including phenoxy) is 1. The Balaban J connectivity index is 1.21. The number of benzene rings is 1. The highest BCUT2D eigenvalue weighted by Crippen LogP contribution is 2.50. The number of hydrogen-bond acceptors (Lipinski definition) is 4. The minimum Gasteiger partial charge on any atom is -0.375 e.